The molecule has 0 amide bonds. The summed E-state index contributed by atoms with van der Waals surface area (Å²) in [5, 5.41) is 11.2. The van der Waals surface area contributed by atoms with Gasteiger partial charge in [0.2, 0.25) is 0 Å². The highest BCUT2D eigenvalue weighted by atomic mass is 15.2. The third-order valence-corrected chi connectivity index (χ3v) is 2.74. The Balaban J connectivity index is 2.10. The van der Waals surface area contributed by atoms with Crippen molar-refractivity contribution in [3.8, 4) is 0 Å². The first kappa shape index (κ1) is 11.4. The summed E-state index contributed by atoms with van der Waals surface area (Å²) in [6.07, 6.45) is 1.73. The van der Waals surface area contributed by atoms with Gasteiger partial charge in [-0.25, -0.2) is 0 Å². The van der Waals surface area contributed by atoms with Gasteiger partial charge in [-0.15, -0.1) is 5.10 Å². The first-order chi connectivity index (χ1) is 8.16. The van der Waals surface area contributed by atoms with E-state index < -0.39 is 0 Å². The number of aryl methyl sites for hydroxylation is 1. The molecule has 1 heterocycles. The number of nitrogens with two attached hydrogens (primary N) is 1. The highest BCUT2D eigenvalue weighted by Gasteiger charge is 2.01. The molecule has 1 aromatic heterocycles. The number of hydrogen-bond acceptors (Lipinski definition) is 4. The zero-order valence-corrected chi connectivity index (χ0v) is 10.1. The fourth-order valence-corrected chi connectivity index (χ4v) is 1.63. The van der Waals surface area contributed by atoms with E-state index in [2.05, 4.69) is 21.6 Å². The molecule has 0 aliphatic carbocycles. The van der Waals surface area contributed by atoms with Crippen molar-refractivity contribution in [2.75, 3.05) is 11.1 Å². The largest absolute Gasteiger partial charge is 0.399 e. The Bertz CT molecular complexity index is 523. The van der Waals surface area contributed by atoms with Crippen LogP contribution >= 0.6 is 0 Å². The van der Waals surface area contributed by atoms with E-state index in [-0.39, 0.29) is 0 Å². The standard InChI is InChI=1S/C13H16N4/c1-9-6-13(17-16-7-9)15-8-11-4-3-5-12(14)10(11)2/h3-7H,8,14H2,1-2H3,(H,15,17). The monoisotopic (exact) mass is 228 g/mol. The van der Waals surface area contributed by atoms with Crippen LogP contribution in [0.2, 0.25) is 0 Å². The van der Waals surface area contributed by atoms with Crippen molar-refractivity contribution >= 4 is 11.5 Å². The fourth-order valence-electron chi connectivity index (χ4n) is 1.63. The molecule has 0 saturated carbocycles. The number of nitrogens with one attached hydrogen (secondary N) is 1. The van der Waals surface area contributed by atoms with Crippen molar-refractivity contribution in [3.63, 3.8) is 0 Å². The lowest BCUT2D eigenvalue weighted by molar-refractivity contribution is 0.985. The smallest absolute Gasteiger partial charge is 0.149 e. The molecule has 0 aliphatic heterocycles. The van der Waals surface area contributed by atoms with E-state index in [4.69, 9.17) is 5.73 Å². The van der Waals surface area contributed by atoms with Gasteiger partial charge < -0.3 is 11.1 Å². The van der Waals surface area contributed by atoms with Crippen LogP contribution in [-0.4, -0.2) is 10.2 Å². The van der Waals surface area contributed by atoms with Crippen LogP contribution in [0.5, 0.6) is 0 Å². The second-order valence-electron chi connectivity index (χ2n) is 4.10. The van der Waals surface area contributed by atoms with Gasteiger partial charge in [-0.2, -0.15) is 5.10 Å². The molecule has 0 unspecified atom stereocenters. The molecule has 0 radical (unpaired) electrons. The van der Waals surface area contributed by atoms with Gasteiger partial charge in [0, 0.05) is 12.2 Å². The van der Waals surface area contributed by atoms with E-state index >= 15 is 0 Å². The van der Waals surface area contributed by atoms with Crippen molar-refractivity contribution in [2.45, 2.75) is 20.4 Å². The average Bonchev–Trinajstić information content (AvgIpc) is 2.31. The van der Waals surface area contributed by atoms with Crippen LogP contribution in [0.25, 0.3) is 0 Å². The maximum absolute atomic E-state index is 5.86. The molecule has 4 nitrogen and oxygen atoms in total. The van der Waals surface area contributed by atoms with Crippen molar-refractivity contribution in [1.29, 1.82) is 0 Å². The van der Waals surface area contributed by atoms with Crippen LogP contribution in [-0.2, 0) is 6.54 Å². The molecule has 1 aromatic carbocycles. The van der Waals surface area contributed by atoms with Crippen molar-refractivity contribution < 1.29 is 0 Å². The maximum atomic E-state index is 5.86. The van der Waals surface area contributed by atoms with E-state index in [1.54, 1.807) is 6.20 Å². The number of nitrogens with zero attached hydrogens (tertiary/aromatic N) is 2. The maximum Gasteiger partial charge on any atom is 0.149 e. The zero-order chi connectivity index (χ0) is 12.3. The number of aromatic nitrogens is 2. The summed E-state index contributed by atoms with van der Waals surface area (Å²) in [7, 11) is 0. The number of rotatable bonds is 3. The summed E-state index contributed by atoms with van der Waals surface area (Å²) in [6, 6.07) is 7.89. The third kappa shape index (κ3) is 2.72. The molecular formula is C13H16N4. The van der Waals surface area contributed by atoms with Crippen LogP contribution in [0.4, 0.5) is 11.5 Å². The van der Waals surface area contributed by atoms with E-state index in [9.17, 15) is 0 Å². The molecule has 0 fully saturated rings. The molecule has 4 heteroatoms. The Kier molecular flexibility index (Phi) is 3.23. The quantitative estimate of drug-likeness (QED) is 0.791. The second kappa shape index (κ2) is 4.82. The van der Waals surface area contributed by atoms with Gasteiger partial charge in [-0.1, -0.05) is 12.1 Å². The Morgan fingerprint density at radius 1 is 1.29 bits per heavy atom. The lowest BCUT2D eigenvalue weighted by Crippen LogP contribution is -2.05. The van der Waals surface area contributed by atoms with Gasteiger partial charge in [0.15, 0.2) is 0 Å². The normalized spacial score (nSPS) is 10.2. The van der Waals surface area contributed by atoms with Crippen LogP contribution in [0, 0.1) is 13.8 Å². The molecule has 0 aliphatic rings. The van der Waals surface area contributed by atoms with Crippen molar-refractivity contribution in [2.24, 2.45) is 0 Å². The molecule has 0 atom stereocenters. The highest BCUT2D eigenvalue weighted by Crippen LogP contribution is 2.16. The van der Waals surface area contributed by atoms with Gasteiger partial charge in [0.05, 0.1) is 6.20 Å². The summed E-state index contributed by atoms with van der Waals surface area (Å²) in [5.41, 5.74) is 10.1. The minimum atomic E-state index is 0.703. The summed E-state index contributed by atoms with van der Waals surface area (Å²) >= 11 is 0. The van der Waals surface area contributed by atoms with Gasteiger partial charge in [-0.3, -0.25) is 0 Å². The van der Waals surface area contributed by atoms with Crippen LogP contribution < -0.4 is 11.1 Å². The number of nitrogen functional groups attached to an aromatic ring is 1. The first-order valence-electron chi connectivity index (χ1n) is 5.54. The van der Waals surface area contributed by atoms with E-state index in [1.807, 2.05) is 32.0 Å². The van der Waals surface area contributed by atoms with Gasteiger partial charge in [0.25, 0.3) is 0 Å². The van der Waals surface area contributed by atoms with Gasteiger partial charge >= 0.3 is 0 Å². The number of hydrogen-bond donors (Lipinski definition) is 2. The SMILES string of the molecule is Cc1cnnc(NCc2cccc(N)c2C)c1. The van der Waals surface area contributed by atoms with Crippen molar-refractivity contribution in [3.05, 3.63) is 47.2 Å². The number of anilines is 2. The number of benzene rings is 1. The summed E-state index contributed by atoms with van der Waals surface area (Å²) in [5.74, 6) is 0.784. The molecule has 2 aromatic rings. The fraction of sp³-hybridized carbons (Fsp3) is 0.231. The molecular weight excluding hydrogens is 212 g/mol. The van der Waals surface area contributed by atoms with Crippen molar-refractivity contribution in [1.82, 2.24) is 10.2 Å². The van der Waals surface area contributed by atoms with Gasteiger partial charge in [-0.05, 0) is 42.7 Å². The minimum Gasteiger partial charge on any atom is -0.399 e. The third-order valence-electron chi connectivity index (χ3n) is 2.74. The molecule has 2 rings (SSSR count). The Morgan fingerprint density at radius 2 is 2.12 bits per heavy atom. The van der Waals surface area contributed by atoms with E-state index in [0.717, 1.165) is 22.6 Å². The molecule has 0 bridgehead atoms. The molecule has 0 spiro atoms. The molecule has 88 valence electrons. The zero-order valence-electron chi connectivity index (χ0n) is 10.1. The average molecular weight is 228 g/mol. The summed E-state index contributed by atoms with van der Waals surface area (Å²) in [4.78, 5) is 0. The lowest BCUT2D eigenvalue weighted by Gasteiger charge is -2.09. The minimum absolute atomic E-state index is 0.703. The molecule has 17 heavy (non-hydrogen) atoms. The Labute approximate surface area is 101 Å². The Morgan fingerprint density at radius 3 is 2.88 bits per heavy atom. The van der Waals surface area contributed by atoms with E-state index in [1.165, 1.54) is 5.56 Å². The van der Waals surface area contributed by atoms with Crippen LogP contribution in [0.15, 0.2) is 30.5 Å². The summed E-state index contributed by atoms with van der Waals surface area (Å²) < 4.78 is 0. The first-order valence-corrected chi connectivity index (χ1v) is 5.54. The summed E-state index contributed by atoms with van der Waals surface area (Å²) in [6.45, 7) is 4.72. The highest BCUT2D eigenvalue weighted by molar-refractivity contribution is 5.51. The molecule has 3 N–H and O–H groups in total. The topological polar surface area (TPSA) is 63.8 Å². The Hall–Kier alpha value is -2.10. The van der Waals surface area contributed by atoms with E-state index in [0.29, 0.717) is 6.54 Å². The second-order valence-corrected chi connectivity index (χ2v) is 4.10. The predicted molar refractivity (Wildman–Crippen MR) is 69.7 cm³/mol. The predicted octanol–water partition coefficient (Wildman–Crippen LogP) is 2.29. The molecule has 0 saturated heterocycles. The lowest BCUT2D eigenvalue weighted by atomic mass is 10.1. The van der Waals surface area contributed by atoms with Crippen LogP contribution in [0.1, 0.15) is 16.7 Å². The van der Waals surface area contributed by atoms with Gasteiger partial charge in [0.1, 0.15) is 5.82 Å². The van der Waals surface area contributed by atoms with Crippen LogP contribution in [0.3, 0.4) is 0 Å².